The Bertz CT molecular complexity index is 936. The fraction of sp³-hybridized carbons (Fsp3) is 0. The molecule has 1 aliphatic heterocycles. The van der Waals surface area contributed by atoms with Crippen molar-refractivity contribution in [2.45, 2.75) is 0 Å². The molecule has 0 amide bonds. The molecule has 8 heteroatoms. The zero-order chi connectivity index (χ0) is 15.7. The van der Waals surface area contributed by atoms with E-state index in [-0.39, 0.29) is 5.56 Å². The summed E-state index contributed by atoms with van der Waals surface area (Å²) < 4.78 is 0. The minimum absolute atomic E-state index is 0.0791. The molecule has 0 fully saturated rings. The van der Waals surface area contributed by atoms with E-state index in [2.05, 4.69) is 15.2 Å². The number of aromatic amines is 2. The summed E-state index contributed by atoms with van der Waals surface area (Å²) in [6, 6.07) is 6.94. The minimum atomic E-state index is -0.781. The second-order valence-corrected chi connectivity index (χ2v) is 4.91. The summed E-state index contributed by atoms with van der Waals surface area (Å²) in [5.74, 6) is -0.517. The van der Waals surface area contributed by atoms with Gasteiger partial charge in [0, 0.05) is 16.2 Å². The second kappa shape index (κ2) is 5.45. The number of hydrogen-bond acceptors (Lipinski definition) is 5. The van der Waals surface area contributed by atoms with Crippen molar-refractivity contribution in [3.05, 3.63) is 66.8 Å². The maximum atomic E-state index is 11.8. The first kappa shape index (κ1) is 14.0. The average Bonchev–Trinajstić information content (AvgIpc) is 2.92. The zero-order valence-corrected chi connectivity index (χ0v) is 11.8. The highest BCUT2D eigenvalue weighted by atomic mass is 35.5. The van der Waals surface area contributed by atoms with Gasteiger partial charge in [0.1, 0.15) is 11.3 Å². The van der Waals surface area contributed by atoms with E-state index in [4.69, 9.17) is 11.6 Å². The van der Waals surface area contributed by atoms with Crippen molar-refractivity contribution in [1.29, 1.82) is 0 Å². The number of nitrogens with one attached hydrogen (secondary N) is 2. The highest BCUT2D eigenvalue weighted by Gasteiger charge is 2.15. The van der Waals surface area contributed by atoms with Gasteiger partial charge in [-0.05, 0) is 18.2 Å². The van der Waals surface area contributed by atoms with Crippen LogP contribution in [-0.4, -0.2) is 27.0 Å². The Labute approximate surface area is 128 Å². The van der Waals surface area contributed by atoms with Crippen LogP contribution in [0.1, 0.15) is 11.1 Å². The number of aromatic hydroxyl groups is 1. The Morgan fingerprint density at radius 3 is 2.55 bits per heavy atom. The number of benzene rings is 1. The molecule has 0 spiro atoms. The molecule has 0 atom stereocenters. The number of aromatic nitrogens is 2. The Balaban J connectivity index is 2.07. The highest BCUT2D eigenvalue weighted by molar-refractivity contribution is 6.31. The van der Waals surface area contributed by atoms with Crippen molar-refractivity contribution in [2.75, 3.05) is 0 Å². The molecular weight excluding hydrogens is 308 g/mol. The SMILES string of the molecule is O=c1[nH]c(O)c(C=C2C=NN=C2c2ccc(Cl)cc2)c(=O)[nH]1. The van der Waals surface area contributed by atoms with Crippen molar-refractivity contribution in [3.8, 4) is 5.88 Å². The van der Waals surface area contributed by atoms with Gasteiger partial charge in [0.25, 0.3) is 5.56 Å². The monoisotopic (exact) mass is 316 g/mol. The van der Waals surface area contributed by atoms with Crippen LogP contribution in [0, 0.1) is 0 Å². The Kier molecular flexibility index (Phi) is 3.48. The summed E-state index contributed by atoms with van der Waals surface area (Å²) in [7, 11) is 0. The molecule has 1 aliphatic rings. The third-order valence-corrected chi connectivity index (χ3v) is 3.26. The number of H-pyrrole nitrogens is 2. The van der Waals surface area contributed by atoms with E-state index in [1.54, 1.807) is 24.3 Å². The highest BCUT2D eigenvalue weighted by Crippen LogP contribution is 2.19. The van der Waals surface area contributed by atoms with E-state index >= 15 is 0 Å². The smallest absolute Gasteiger partial charge is 0.328 e. The molecule has 0 aliphatic carbocycles. The maximum Gasteiger partial charge on any atom is 0.328 e. The molecule has 0 unspecified atom stereocenters. The summed E-state index contributed by atoms with van der Waals surface area (Å²) in [6.07, 6.45) is 2.85. The molecule has 1 aromatic carbocycles. The molecule has 2 heterocycles. The first-order valence-electron chi connectivity index (χ1n) is 6.19. The van der Waals surface area contributed by atoms with Crippen molar-refractivity contribution < 1.29 is 5.11 Å². The van der Waals surface area contributed by atoms with E-state index < -0.39 is 17.1 Å². The summed E-state index contributed by atoms with van der Waals surface area (Å²) in [6.45, 7) is 0. The molecule has 0 saturated heterocycles. The van der Waals surface area contributed by atoms with E-state index in [0.29, 0.717) is 16.3 Å². The van der Waals surface area contributed by atoms with E-state index in [1.165, 1.54) is 12.3 Å². The molecule has 0 bridgehead atoms. The van der Waals surface area contributed by atoms with Crippen LogP contribution in [-0.2, 0) is 0 Å². The fourth-order valence-corrected chi connectivity index (χ4v) is 2.10. The molecule has 2 aromatic rings. The van der Waals surface area contributed by atoms with Gasteiger partial charge >= 0.3 is 5.69 Å². The van der Waals surface area contributed by atoms with Gasteiger partial charge in [-0.25, -0.2) is 4.79 Å². The van der Waals surface area contributed by atoms with Gasteiger partial charge in [-0.15, -0.1) is 5.10 Å². The first-order chi connectivity index (χ1) is 10.5. The standard InChI is InChI=1S/C14H9ClN4O3/c15-9-3-1-7(2-4-9)11-8(6-16-19-11)5-10-12(20)17-14(22)18-13(10)21/h1-6H,(H3,17,18,20,21,22). The average molecular weight is 317 g/mol. The van der Waals surface area contributed by atoms with Gasteiger partial charge in [0.15, 0.2) is 0 Å². The lowest BCUT2D eigenvalue weighted by Crippen LogP contribution is -2.23. The van der Waals surface area contributed by atoms with Crippen LogP contribution in [0.5, 0.6) is 5.88 Å². The largest absolute Gasteiger partial charge is 0.494 e. The minimum Gasteiger partial charge on any atom is -0.494 e. The lowest BCUT2D eigenvalue weighted by atomic mass is 10.0. The Morgan fingerprint density at radius 1 is 1.14 bits per heavy atom. The molecular formula is C14H9ClN4O3. The van der Waals surface area contributed by atoms with Crippen LogP contribution in [0.4, 0.5) is 0 Å². The summed E-state index contributed by atoms with van der Waals surface area (Å²) in [5.41, 5.74) is 0.246. The Morgan fingerprint density at radius 2 is 1.86 bits per heavy atom. The van der Waals surface area contributed by atoms with Gasteiger partial charge in [-0.2, -0.15) is 5.10 Å². The molecule has 110 valence electrons. The van der Waals surface area contributed by atoms with E-state index in [9.17, 15) is 14.7 Å². The molecule has 0 saturated carbocycles. The second-order valence-electron chi connectivity index (χ2n) is 4.47. The van der Waals surface area contributed by atoms with Crippen molar-refractivity contribution in [3.63, 3.8) is 0 Å². The number of rotatable bonds is 2. The van der Waals surface area contributed by atoms with Gasteiger partial charge < -0.3 is 5.11 Å². The quantitative estimate of drug-likeness (QED) is 0.776. The molecule has 22 heavy (non-hydrogen) atoms. The van der Waals surface area contributed by atoms with Crippen LogP contribution in [0.25, 0.3) is 6.08 Å². The van der Waals surface area contributed by atoms with Crippen molar-refractivity contribution in [2.24, 2.45) is 10.2 Å². The van der Waals surface area contributed by atoms with Gasteiger partial charge in [-0.3, -0.25) is 14.8 Å². The molecule has 7 nitrogen and oxygen atoms in total. The predicted octanol–water partition coefficient (Wildman–Crippen LogP) is 1.29. The van der Waals surface area contributed by atoms with Crippen molar-refractivity contribution >= 4 is 29.6 Å². The topological polar surface area (TPSA) is 111 Å². The van der Waals surface area contributed by atoms with Crippen LogP contribution in [0.2, 0.25) is 5.02 Å². The lowest BCUT2D eigenvalue weighted by molar-refractivity contribution is 0.447. The fourth-order valence-electron chi connectivity index (χ4n) is 1.98. The molecule has 3 rings (SSSR count). The van der Waals surface area contributed by atoms with Crippen LogP contribution in [0.3, 0.4) is 0 Å². The van der Waals surface area contributed by atoms with Crippen LogP contribution >= 0.6 is 11.6 Å². The third-order valence-electron chi connectivity index (χ3n) is 3.00. The summed E-state index contributed by atoms with van der Waals surface area (Å²) in [4.78, 5) is 27.0. The van der Waals surface area contributed by atoms with Crippen LogP contribution < -0.4 is 11.2 Å². The number of hydrogen-bond donors (Lipinski definition) is 3. The maximum absolute atomic E-state index is 11.8. The van der Waals surface area contributed by atoms with E-state index in [1.807, 2.05) is 4.98 Å². The van der Waals surface area contributed by atoms with Gasteiger partial charge in [0.2, 0.25) is 5.88 Å². The van der Waals surface area contributed by atoms with Crippen LogP contribution in [0.15, 0.2) is 49.6 Å². The zero-order valence-electron chi connectivity index (χ0n) is 11.0. The summed E-state index contributed by atoms with van der Waals surface area (Å²) in [5, 5.41) is 18.1. The number of allylic oxidation sites excluding steroid dienone is 1. The summed E-state index contributed by atoms with van der Waals surface area (Å²) >= 11 is 5.84. The lowest BCUT2D eigenvalue weighted by Gasteiger charge is -2.03. The molecule has 0 radical (unpaired) electrons. The predicted molar refractivity (Wildman–Crippen MR) is 83.8 cm³/mol. The van der Waals surface area contributed by atoms with Gasteiger partial charge in [-0.1, -0.05) is 23.7 Å². The first-order valence-corrected chi connectivity index (χ1v) is 6.57. The number of nitrogens with zero attached hydrogens (tertiary/aromatic N) is 2. The van der Waals surface area contributed by atoms with Crippen molar-refractivity contribution in [1.82, 2.24) is 9.97 Å². The molecule has 3 N–H and O–H groups in total. The molecule has 1 aromatic heterocycles. The Hall–Kier alpha value is -2.93. The van der Waals surface area contributed by atoms with E-state index in [0.717, 1.165) is 5.56 Å². The van der Waals surface area contributed by atoms with Gasteiger partial charge in [0.05, 0.1) is 6.21 Å². The third kappa shape index (κ3) is 2.61. The number of halogens is 1. The normalized spacial score (nSPS) is 15.3.